The molecule has 1 saturated heterocycles. The highest BCUT2D eigenvalue weighted by molar-refractivity contribution is 6.02. The normalized spacial score (nSPS) is 16.2. The van der Waals surface area contributed by atoms with Crippen LogP contribution < -0.4 is 10.1 Å². The number of rotatable bonds is 11. The maximum Gasteiger partial charge on any atom is 0.243 e. The molecule has 0 bridgehead atoms. The van der Waals surface area contributed by atoms with Crippen LogP contribution in [0.5, 0.6) is 5.75 Å². The van der Waals surface area contributed by atoms with Crippen molar-refractivity contribution in [3.63, 3.8) is 0 Å². The average molecular weight is 493 g/mol. The zero-order valence-corrected chi connectivity index (χ0v) is 21.0. The summed E-state index contributed by atoms with van der Waals surface area (Å²) in [6, 6.07) is 18.2. The van der Waals surface area contributed by atoms with Gasteiger partial charge in [-0.2, -0.15) is 5.10 Å². The van der Waals surface area contributed by atoms with Crippen LogP contribution in [0.3, 0.4) is 0 Å². The van der Waals surface area contributed by atoms with E-state index in [1.54, 1.807) is 0 Å². The molecular weight excluding hydrogens is 456 g/mol. The van der Waals surface area contributed by atoms with Crippen LogP contribution in [-0.4, -0.2) is 73.4 Å². The Morgan fingerprint density at radius 2 is 1.92 bits per heavy atom. The Hall–Kier alpha value is -3.23. The lowest BCUT2D eigenvalue weighted by Gasteiger charge is -2.31. The van der Waals surface area contributed by atoms with Gasteiger partial charge in [0, 0.05) is 51.6 Å². The molecule has 4 rings (SSSR count). The van der Waals surface area contributed by atoms with Crippen molar-refractivity contribution < 1.29 is 19.1 Å². The summed E-state index contributed by atoms with van der Waals surface area (Å²) in [6.07, 6.45) is 3.14. The van der Waals surface area contributed by atoms with Gasteiger partial charge < -0.3 is 14.8 Å². The van der Waals surface area contributed by atoms with E-state index in [0.717, 1.165) is 61.6 Å². The van der Waals surface area contributed by atoms with Crippen molar-refractivity contribution in [1.29, 1.82) is 0 Å². The molecule has 0 spiro atoms. The lowest BCUT2D eigenvalue weighted by Crippen LogP contribution is -2.38. The highest BCUT2D eigenvalue weighted by Crippen LogP contribution is 2.17. The number of hydrazone groups is 1. The summed E-state index contributed by atoms with van der Waals surface area (Å²) in [5.74, 6) is 0.509. The largest absolute Gasteiger partial charge is 0.492 e. The van der Waals surface area contributed by atoms with Crippen molar-refractivity contribution in [3.05, 3.63) is 65.7 Å². The van der Waals surface area contributed by atoms with Crippen LogP contribution >= 0.6 is 0 Å². The summed E-state index contributed by atoms with van der Waals surface area (Å²) in [7, 11) is 2.13. The van der Waals surface area contributed by atoms with Crippen molar-refractivity contribution in [3.8, 4) is 5.75 Å². The molecule has 192 valence electrons. The van der Waals surface area contributed by atoms with Gasteiger partial charge in [0.05, 0.1) is 12.3 Å². The lowest BCUT2D eigenvalue weighted by molar-refractivity contribution is -0.133. The van der Waals surface area contributed by atoms with E-state index in [-0.39, 0.29) is 24.7 Å². The molecular formula is C28H36N4O4. The minimum absolute atomic E-state index is 0.128. The topological polar surface area (TPSA) is 83.5 Å². The van der Waals surface area contributed by atoms with Gasteiger partial charge in [-0.3, -0.25) is 14.5 Å². The third kappa shape index (κ3) is 7.63. The number of nitrogens with zero attached hydrogens (tertiary/aromatic N) is 3. The van der Waals surface area contributed by atoms with Gasteiger partial charge >= 0.3 is 0 Å². The molecule has 0 radical (unpaired) electrons. The van der Waals surface area contributed by atoms with E-state index in [1.807, 2.05) is 54.6 Å². The van der Waals surface area contributed by atoms with Gasteiger partial charge in [-0.05, 0) is 43.1 Å². The summed E-state index contributed by atoms with van der Waals surface area (Å²) in [5.41, 5.74) is 2.90. The van der Waals surface area contributed by atoms with Gasteiger partial charge in [-0.15, -0.1) is 0 Å². The predicted octanol–water partition coefficient (Wildman–Crippen LogP) is 3.21. The van der Waals surface area contributed by atoms with Gasteiger partial charge in [-0.25, -0.2) is 5.01 Å². The first kappa shape index (κ1) is 25.9. The molecule has 36 heavy (non-hydrogen) atoms. The third-order valence-electron chi connectivity index (χ3n) is 6.68. The maximum atomic E-state index is 12.5. The number of amides is 2. The number of carbonyl (C=O) groups excluding carboxylic acids is 2. The van der Waals surface area contributed by atoms with Crippen molar-refractivity contribution in [1.82, 2.24) is 15.2 Å². The molecule has 1 N–H and O–H groups in total. The zero-order valence-electron chi connectivity index (χ0n) is 21.0. The van der Waals surface area contributed by atoms with Crippen LogP contribution in [0, 0.1) is 0 Å². The van der Waals surface area contributed by atoms with E-state index in [2.05, 4.69) is 22.4 Å². The Morgan fingerprint density at radius 1 is 1.11 bits per heavy atom. The molecule has 2 heterocycles. The van der Waals surface area contributed by atoms with Crippen molar-refractivity contribution in [2.45, 2.75) is 44.7 Å². The standard InChI is InChI=1S/C28H36N4O4/c1-31(24-13-17-35-18-14-24)16-19-36-25-9-5-6-22(20-25)21-29-27(33)10-11-28(34)32-15-12-26(30-32)23-7-3-2-4-8-23/h2-9,20,24H,10-19,21H2,1H3,(H,29,33). The minimum atomic E-state index is -0.154. The zero-order chi connectivity index (χ0) is 25.2. The number of hydrogen-bond donors (Lipinski definition) is 1. The monoisotopic (exact) mass is 492 g/mol. The molecule has 0 aliphatic carbocycles. The second kappa shape index (κ2) is 13.2. The van der Waals surface area contributed by atoms with Crippen LogP contribution in [0.2, 0.25) is 0 Å². The highest BCUT2D eigenvalue weighted by Gasteiger charge is 2.22. The minimum Gasteiger partial charge on any atom is -0.492 e. The molecule has 0 atom stereocenters. The summed E-state index contributed by atoms with van der Waals surface area (Å²) in [5, 5.41) is 8.83. The first-order valence-electron chi connectivity index (χ1n) is 12.8. The van der Waals surface area contributed by atoms with Gasteiger partial charge in [0.15, 0.2) is 0 Å². The number of likely N-dealkylation sites (N-methyl/N-ethyl adjacent to an activating group) is 1. The number of carbonyl (C=O) groups is 2. The van der Waals surface area contributed by atoms with Crippen molar-refractivity contribution in [2.75, 3.05) is 40.0 Å². The second-order valence-corrected chi connectivity index (χ2v) is 9.28. The molecule has 1 fully saturated rings. The molecule has 2 aromatic rings. The van der Waals surface area contributed by atoms with Crippen LogP contribution in [0.15, 0.2) is 59.7 Å². The molecule has 0 saturated carbocycles. The van der Waals surface area contributed by atoms with E-state index < -0.39 is 0 Å². The molecule has 2 amide bonds. The molecule has 8 nitrogen and oxygen atoms in total. The van der Waals surface area contributed by atoms with Gasteiger partial charge in [-0.1, -0.05) is 42.5 Å². The van der Waals surface area contributed by atoms with Gasteiger partial charge in [0.1, 0.15) is 12.4 Å². The van der Waals surface area contributed by atoms with Gasteiger partial charge in [0.25, 0.3) is 0 Å². The summed E-state index contributed by atoms with van der Waals surface area (Å²) in [6.45, 7) is 4.08. The van der Waals surface area contributed by atoms with E-state index in [4.69, 9.17) is 9.47 Å². The highest BCUT2D eigenvalue weighted by atomic mass is 16.5. The Balaban J connectivity index is 1.15. The SMILES string of the molecule is CN(CCOc1cccc(CNC(=O)CCC(=O)N2CCC(c3ccccc3)=N2)c1)C1CCOCC1. The predicted molar refractivity (Wildman–Crippen MR) is 139 cm³/mol. The van der Waals surface area contributed by atoms with Crippen LogP contribution in [0.4, 0.5) is 0 Å². The van der Waals surface area contributed by atoms with E-state index in [1.165, 1.54) is 5.01 Å². The Morgan fingerprint density at radius 3 is 2.72 bits per heavy atom. The Bertz CT molecular complexity index is 1040. The molecule has 8 heteroatoms. The molecule has 2 aliphatic rings. The number of ether oxygens (including phenoxy) is 2. The van der Waals surface area contributed by atoms with E-state index in [9.17, 15) is 9.59 Å². The number of nitrogens with one attached hydrogen (secondary N) is 1. The second-order valence-electron chi connectivity index (χ2n) is 9.28. The van der Waals surface area contributed by atoms with Crippen molar-refractivity contribution in [2.24, 2.45) is 5.10 Å². The Labute approximate surface area is 213 Å². The van der Waals surface area contributed by atoms with E-state index >= 15 is 0 Å². The number of benzene rings is 2. The Kier molecular flexibility index (Phi) is 9.47. The fourth-order valence-electron chi connectivity index (χ4n) is 4.47. The first-order chi connectivity index (χ1) is 17.6. The molecule has 2 aromatic carbocycles. The van der Waals surface area contributed by atoms with Crippen LogP contribution in [-0.2, 0) is 20.9 Å². The van der Waals surface area contributed by atoms with Crippen molar-refractivity contribution >= 4 is 17.5 Å². The fourth-order valence-corrected chi connectivity index (χ4v) is 4.47. The smallest absolute Gasteiger partial charge is 0.243 e. The lowest BCUT2D eigenvalue weighted by atomic mass is 10.1. The summed E-state index contributed by atoms with van der Waals surface area (Å²) in [4.78, 5) is 27.2. The number of hydrogen-bond acceptors (Lipinski definition) is 6. The molecule has 0 unspecified atom stereocenters. The third-order valence-corrected chi connectivity index (χ3v) is 6.68. The van der Waals surface area contributed by atoms with Crippen LogP contribution in [0.25, 0.3) is 0 Å². The van der Waals surface area contributed by atoms with Crippen LogP contribution in [0.1, 0.15) is 43.2 Å². The van der Waals surface area contributed by atoms with E-state index in [0.29, 0.717) is 25.7 Å². The maximum absolute atomic E-state index is 12.5. The summed E-state index contributed by atoms with van der Waals surface area (Å²) < 4.78 is 11.4. The average Bonchev–Trinajstić information content (AvgIpc) is 3.42. The molecule has 0 aromatic heterocycles. The fraction of sp³-hybridized carbons (Fsp3) is 0.464. The summed E-state index contributed by atoms with van der Waals surface area (Å²) >= 11 is 0. The quantitative estimate of drug-likeness (QED) is 0.521. The van der Waals surface area contributed by atoms with Gasteiger partial charge in [0.2, 0.25) is 11.8 Å². The first-order valence-corrected chi connectivity index (χ1v) is 12.8. The molecule has 2 aliphatic heterocycles.